The van der Waals surface area contributed by atoms with Gasteiger partial charge < -0.3 is 4.98 Å². The molecule has 3 aromatic carbocycles. The number of rotatable bonds is 6. The zero-order valence-corrected chi connectivity index (χ0v) is 14.5. The van der Waals surface area contributed by atoms with E-state index < -0.39 is 0 Å². The number of aryl methyl sites for hydroxylation is 1. The van der Waals surface area contributed by atoms with E-state index in [1.807, 2.05) is 36.4 Å². The monoisotopic (exact) mass is 339 g/mol. The van der Waals surface area contributed by atoms with Crippen molar-refractivity contribution in [1.82, 2.24) is 4.98 Å². The quantitative estimate of drug-likeness (QED) is 0.347. The Balaban J connectivity index is 1.57. The summed E-state index contributed by atoms with van der Waals surface area (Å²) < 4.78 is 0. The van der Waals surface area contributed by atoms with Crippen LogP contribution in [0.3, 0.4) is 0 Å². The molecule has 0 saturated carbocycles. The second-order valence-corrected chi connectivity index (χ2v) is 6.26. The molecule has 0 aliphatic rings. The molecule has 3 nitrogen and oxygen atoms in total. The number of aromatic nitrogens is 1. The van der Waals surface area contributed by atoms with Gasteiger partial charge in [-0.2, -0.15) is 5.10 Å². The zero-order chi connectivity index (χ0) is 17.6. The van der Waals surface area contributed by atoms with Crippen LogP contribution in [0.2, 0.25) is 0 Å². The Kier molecular flexibility index (Phi) is 4.79. The van der Waals surface area contributed by atoms with Gasteiger partial charge in [0.05, 0.1) is 11.4 Å². The number of hydrogen-bond donors (Lipinski definition) is 2. The fourth-order valence-corrected chi connectivity index (χ4v) is 3.13. The summed E-state index contributed by atoms with van der Waals surface area (Å²) in [5.74, 6) is 0. The first kappa shape index (κ1) is 16.2. The van der Waals surface area contributed by atoms with E-state index in [0.29, 0.717) is 0 Å². The SMILES string of the molecule is c1ccc(NN=C(CCc2c[nH]c3ccccc23)c2ccccc2)cc1. The second-order valence-electron chi connectivity index (χ2n) is 6.26. The first-order chi connectivity index (χ1) is 12.9. The topological polar surface area (TPSA) is 40.2 Å². The molecule has 0 fully saturated rings. The molecule has 128 valence electrons. The number of H-pyrrole nitrogens is 1. The third-order valence-electron chi connectivity index (χ3n) is 4.51. The molecular formula is C23H21N3. The van der Waals surface area contributed by atoms with Gasteiger partial charge in [-0.05, 0) is 42.2 Å². The first-order valence-electron chi connectivity index (χ1n) is 8.88. The van der Waals surface area contributed by atoms with Gasteiger partial charge in [-0.25, -0.2) is 0 Å². The number of nitrogens with one attached hydrogen (secondary N) is 2. The van der Waals surface area contributed by atoms with Crippen LogP contribution in [0.5, 0.6) is 0 Å². The van der Waals surface area contributed by atoms with Crippen LogP contribution in [0.25, 0.3) is 10.9 Å². The van der Waals surface area contributed by atoms with Gasteiger partial charge in [0.15, 0.2) is 0 Å². The summed E-state index contributed by atoms with van der Waals surface area (Å²) >= 11 is 0. The maximum absolute atomic E-state index is 4.70. The van der Waals surface area contributed by atoms with Crippen LogP contribution in [0.1, 0.15) is 17.5 Å². The molecule has 2 N–H and O–H groups in total. The number of para-hydroxylation sites is 2. The fourth-order valence-electron chi connectivity index (χ4n) is 3.13. The lowest BCUT2D eigenvalue weighted by Crippen LogP contribution is -2.06. The van der Waals surface area contributed by atoms with E-state index in [2.05, 4.69) is 65.1 Å². The molecule has 1 heterocycles. The highest BCUT2D eigenvalue weighted by Gasteiger charge is 2.08. The Hall–Kier alpha value is -3.33. The number of anilines is 1. The van der Waals surface area contributed by atoms with Crippen molar-refractivity contribution in [2.75, 3.05) is 5.43 Å². The summed E-state index contributed by atoms with van der Waals surface area (Å²) in [6.07, 6.45) is 3.91. The van der Waals surface area contributed by atoms with Crippen LogP contribution in [0, 0.1) is 0 Å². The van der Waals surface area contributed by atoms with E-state index in [4.69, 9.17) is 5.10 Å². The van der Waals surface area contributed by atoms with Gasteiger partial charge in [0, 0.05) is 17.1 Å². The molecule has 0 amide bonds. The van der Waals surface area contributed by atoms with Crippen molar-refractivity contribution in [3.05, 3.63) is 102 Å². The molecule has 0 unspecified atom stereocenters. The van der Waals surface area contributed by atoms with E-state index in [9.17, 15) is 0 Å². The van der Waals surface area contributed by atoms with Gasteiger partial charge in [-0.15, -0.1) is 0 Å². The third kappa shape index (κ3) is 3.67. The van der Waals surface area contributed by atoms with Crippen molar-refractivity contribution in [2.24, 2.45) is 5.10 Å². The van der Waals surface area contributed by atoms with Crippen molar-refractivity contribution in [1.29, 1.82) is 0 Å². The fraction of sp³-hybridized carbons (Fsp3) is 0.0870. The van der Waals surface area contributed by atoms with Crippen LogP contribution in [-0.4, -0.2) is 10.7 Å². The molecule has 0 saturated heterocycles. The van der Waals surface area contributed by atoms with Crippen molar-refractivity contribution < 1.29 is 0 Å². The largest absolute Gasteiger partial charge is 0.361 e. The number of hydrogen-bond acceptors (Lipinski definition) is 2. The minimum atomic E-state index is 0.867. The molecule has 0 spiro atoms. The Morgan fingerprint density at radius 1 is 0.808 bits per heavy atom. The lowest BCUT2D eigenvalue weighted by atomic mass is 10.0. The van der Waals surface area contributed by atoms with Gasteiger partial charge >= 0.3 is 0 Å². The molecule has 26 heavy (non-hydrogen) atoms. The Labute approximate surface area is 153 Å². The standard InChI is InChI=1S/C23H21N3/c1-3-9-18(10-4-1)22(26-25-20-11-5-2-6-12-20)16-15-19-17-24-23-14-8-7-13-21(19)23/h1-14,17,24-25H,15-16H2. The van der Waals surface area contributed by atoms with Crippen molar-refractivity contribution in [3.8, 4) is 0 Å². The zero-order valence-electron chi connectivity index (χ0n) is 14.5. The predicted octanol–water partition coefficient (Wildman–Crippen LogP) is 5.62. The summed E-state index contributed by atoms with van der Waals surface area (Å²) in [6.45, 7) is 0. The second kappa shape index (κ2) is 7.70. The number of benzene rings is 3. The molecule has 4 rings (SSSR count). The summed E-state index contributed by atoms with van der Waals surface area (Å²) in [7, 11) is 0. The maximum atomic E-state index is 4.70. The molecule has 1 aromatic heterocycles. The first-order valence-corrected chi connectivity index (χ1v) is 8.88. The van der Waals surface area contributed by atoms with Gasteiger partial charge in [0.25, 0.3) is 0 Å². The lowest BCUT2D eigenvalue weighted by molar-refractivity contribution is 1.04. The molecule has 0 aliphatic heterocycles. The number of fused-ring (bicyclic) bond motifs is 1. The highest BCUT2D eigenvalue weighted by Crippen LogP contribution is 2.20. The average molecular weight is 339 g/mol. The van der Waals surface area contributed by atoms with Crippen molar-refractivity contribution >= 4 is 22.3 Å². The van der Waals surface area contributed by atoms with Gasteiger partial charge in [-0.1, -0.05) is 66.7 Å². The molecular weight excluding hydrogens is 318 g/mol. The highest BCUT2D eigenvalue weighted by atomic mass is 15.3. The summed E-state index contributed by atoms with van der Waals surface area (Å²) in [5, 5.41) is 5.99. The maximum Gasteiger partial charge on any atom is 0.0682 e. The minimum absolute atomic E-state index is 0.867. The third-order valence-corrected chi connectivity index (χ3v) is 4.51. The van der Waals surface area contributed by atoms with Crippen LogP contribution < -0.4 is 5.43 Å². The smallest absolute Gasteiger partial charge is 0.0682 e. The Morgan fingerprint density at radius 2 is 1.50 bits per heavy atom. The predicted molar refractivity (Wildman–Crippen MR) is 110 cm³/mol. The van der Waals surface area contributed by atoms with Crippen molar-refractivity contribution in [2.45, 2.75) is 12.8 Å². The van der Waals surface area contributed by atoms with Crippen molar-refractivity contribution in [3.63, 3.8) is 0 Å². The Morgan fingerprint density at radius 3 is 2.31 bits per heavy atom. The molecule has 0 atom stereocenters. The van der Waals surface area contributed by atoms with E-state index in [-0.39, 0.29) is 0 Å². The number of nitrogens with zero attached hydrogens (tertiary/aromatic N) is 1. The molecule has 0 radical (unpaired) electrons. The molecule has 0 aliphatic carbocycles. The molecule has 4 aromatic rings. The van der Waals surface area contributed by atoms with Crippen LogP contribution in [0.15, 0.2) is 96.2 Å². The summed E-state index contributed by atoms with van der Waals surface area (Å²) in [5.41, 5.74) is 8.89. The van der Waals surface area contributed by atoms with E-state index in [1.54, 1.807) is 0 Å². The van der Waals surface area contributed by atoms with Crippen LogP contribution in [0.4, 0.5) is 5.69 Å². The lowest BCUT2D eigenvalue weighted by Gasteiger charge is -2.08. The highest BCUT2D eigenvalue weighted by molar-refractivity contribution is 6.01. The van der Waals surface area contributed by atoms with Crippen LogP contribution >= 0.6 is 0 Å². The van der Waals surface area contributed by atoms with E-state index >= 15 is 0 Å². The van der Waals surface area contributed by atoms with Gasteiger partial charge in [0.1, 0.15) is 0 Å². The Bertz CT molecular complexity index is 1000. The number of aromatic amines is 1. The number of hydrazone groups is 1. The van der Waals surface area contributed by atoms with Gasteiger partial charge in [0.2, 0.25) is 0 Å². The summed E-state index contributed by atoms with van der Waals surface area (Å²) in [4.78, 5) is 3.35. The summed E-state index contributed by atoms with van der Waals surface area (Å²) in [6, 6.07) is 28.8. The average Bonchev–Trinajstić information content (AvgIpc) is 3.13. The van der Waals surface area contributed by atoms with Gasteiger partial charge in [-0.3, -0.25) is 5.43 Å². The normalized spacial score (nSPS) is 11.6. The van der Waals surface area contributed by atoms with Crippen LogP contribution in [-0.2, 0) is 6.42 Å². The van der Waals surface area contributed by atoms with E-state index in [0.717, 1.165) is 29.8 Å². The molecule has 3 heteroatoms. The molecule has 0 bridgehead atoms. The minimum Gasteiger partial charge on any atom is -0.361 e. The van der Waals surface area contributed by atoms with E-state index in [1.165, 1.54) is 16.5 Å².